The molecule has 1 aromatic heterocycles. The Balaban J connectivity index is 1.90. The molecule has 114 valence electrons. The molecular weight excluding hydrogens is 314 g/mol. The number of thioether (sulfide) groups is 1. The number of carbonyl (C=O) groups is 2. The zero-order chi connectivity index (χ0) is 15.5. The molecule has 2 heterocycles. The summed E-state index contributed by atoms with van der Waals surface area (Å²) >= 11 is 2.94. The van der Waals surface area contributed by atoms with Crippen LogP contribution in [0, 0.1) is 0 Å². The lowest BCUT2D eigenvalue weighted by atomic mass is 10.0. The first-order valence-electron chi connectivity index (χ1n) is 7.20. The monoisotopic (exact) mass is 331 g/mol. The van der Waals surface area contributed by atoms with Gasteiger partial charge in [-0.1, -0.05) is 48.2 Å². The highest BCUT2D eigenvalue weighted by atomic mass is 32.2. The summed E-state index contributed by atoms with van der Waals surface area (Å²) in [5.74, 6) is 0.126. The summed E-state index contributed by atoms with van der Waals surface area (Å²) in [6.07, 6.45) is 0.443. The van der Waals surface area contributed by atoms with Crippen molar-refractivity contribution in [2.45, 2.75) is 24.6 Å². The number of rotatable bonds is 4. The third-order valence-electron chi connectivity index (χ3n) is 3.70. The van der Waals surface area contributed by atoms with Gasteiger partial charge in [-0.05, 0) is 17.0 Å². The molecule has 0 N–H and O–H groups in total. The molecule has 1 amide bonds. The van der Waals surface area contributed by atoms with Crippen molar-refractivity contribution in [3.05, 3.63) is 58.3 Å². The summed E-state index contributed by atoms with van der Waals surface area (Å²) < 4.78 is 0. The van der Waals surface area contributed by atoms with Gasteiger partial charge in [0.15, 0.2) is 5.12 Å². The number of likely N-dealkylation sites (tertiary alicyclic amines) is 1. The van der Waals surface area contributed by atoms with Gasteiger partial charge in [-0.15, -0.1) is 11.3 Å². The van der Waals surface area contributed by atoms with E-state index in [1.807, 2.05) is 34.5 Å². The van der Waals surface area contributed by atoms with Crippen molar-refractivity contribution in [1.29, 1.82) is 0 Å². The highest BCUT2D eigenvalue weighted by Crippen LogP contribution is 2.37. The molecule has 3 rings (SSSR count). The van der Waals surface area contributed by atoms with E-state index in [9.17, 15) is 9.59 Å². The lowest BCUT2D eigenvalue weighted by molar-refractivity contribution is -0.129. The van der Waals surface area contributed by atoms with Gasteiger partial charge in [0, 0.05) is 30.0 Å². The van der Waals surface area contributed by atoms with Crippen molar-refractivity contribution in [2.75, 3.05) is 6.54 Å². The number of hydrogen-bond donors (Lipinski definition) is 0. The molecule has 1 aliphatic rings. The number of hydrogen-bond acceptors (Lipinski definition) is 4. The normalized spacial score (nSPS) is 19.4. The second-order valence-electron chi connectivity index (χ2n) is 5.31. The maximum absolute atomic E-state index is 12.5. The van der Waals surface area contributed by atoms with E-state index >= 15 is 0 Å². The van der Waals surface area contributed by atoms with Gasteiger partial charge in [0.05, 0.1) is 6.04 Å². The van der Waals surface area contributed by atoms with Crippen LogP contribution >= 0.6 is 23.1 Å². The molecular formula is C17H17NO2S2. The predicted octanol–water partition coefficient (Wildman–Crippen LogP) is 3.72. The van der Waals surface area contributed by atoms with Crippen LogP contribution in [-0.2, 0) is 9.59 Å². The van der Waals surface area contributed by atoms with Crippen LogP contribution < -0.4 is 0 Å². The van der Waals surface area contributed by atoms with Crippen LogP contribution in [0.5, 0.6) is 0 Å². The van der Waals surface area contributed by atoms with E-state index in [0.29, 0.717) is 13.0 Å². The molecule has 0 radical (unpaired) electrons. The number of thiophene rings is 1. The fourth-order valence-corrected chi connectivity index (χ4v) is 4.63. The largest absolute Gasteiger partial charge is 0.330 e. The van der Waals surface area contributed by atoms with E-state index in [0.717, 1.165) is 10.4 Å². The van der Waals surface area contributed by atoms with Crippen molar-refractivity contribution in [3.63, 3.8) is 0 Å². The second kappa shape index (κ2) is 6.67. The maximum atomic E-state index is 12.5. The molecule has 2 unspecified atom stereocenters. The fourth-order valence-electron chi connectivity index (χ4n) is 2.84. The second-order valence-corrected chi connectivity index (χ2v) is 7.77. The van der Waals surface area contributed by atoms with Gasteiger partial charge in [-0.3, -0.25) is 9.59 Å². The molecule has 0 aliphatic carbocycles. The predicted molar refractivity (Wildman–Crippen MR) is 91.0 cm³/mol. The summed E-state index contributed by atoms with van der Waals surface area (Å²) in [4.78, 5) is 26.9. The minimum Gasteiger partial charge on any atom is -0.330 e. The van der Waals surface area contributed by atoms with Crippen LogP contribution in [0.1, 0.15) is 29.8 Å². The van der Waals surface area contributed by atoms with E-state index in [2.05, 4.69) is 18.2 Å². The van der Waals surface area contributed by atoms with Crippen molar-refractivity contribution in [3.8, 4) is 0 Å². The van der Waals surface area contributed by atoms with E-state index in [-0.39, 0.29) is 22.3 Å². The molecule has 22 heavy (non-hydrogen) atoms. The summed E-state index contributed by atoms with van der Waals surface area (Å²) in [6.45, 7) is 2.19. The minimum absolute atomic E-state index is 0.0498. The third kappa shape index (κ3) is 3.25. The Bertz CT molecular complexity index is 655. The Labute approximate surface area is 138 Å². The van der Waals surface area contributed by atoms with Crippen LogP contribution in [0.15, 0.2) is 47.8 Å². The molecule has 0 bridgehead atoms. The molecule has 1 fully saturated rings. The van der Waals surface area contributed by atoms with Gasteiger partial charge in [-0.2, -0.15) is 0 Å². The van der Waals surface area contributed by atoms with Crippen LogP contribution in [0.2, 0.25) is 0 Å². The van der Waals surface area contributed by atoms with Crippen LogP contribution in [-0.4, -0.2) is 27.7 Å². The Kier molecular flexibility index (Phi) is 4.64. The first kappa shape index (κ1) is 15.3. The topological polar surface area (TPSA) is 37.4 Å². The van der Waals surface area contributed by atoms with E-state index in [1.54, 1.807) is 18.3 Å². The molecule has 2 aromatic rings. The van der Waals surface area contributed by atoms with E-state index in [4.69, 9.17) is 0 Å². The first-order valence-corrected chi connectivity index (χ1v) is 8.96. The number of carbonyl (C=O) groups excluding carboxylic acids is 2. The lowest BCUT2D eigenvalue weighted by Crippen LogP contribution is -2.31. The van der Waals surface area contributed by atoms with Crippen molar-refractivity contribution >= 4 is 34.1 Å². The summed E-state index contributed by atoms with van der Waals surface area (Å²) in [5, 5.41) is 2.18. The average Bonchev–Trinajstić information content (AvgIpc) is 3.11. The Morgan fingerprint density at radius 3 is 2.68 bits per heavy atom. The van der Waals surface area contributed by atoms with Crippen LogP contribution in [0.25, 0.3) is 0 Å². The fraction of sp³-hybridized carbons (Fsp3) is 0.294. The molecule has 0 spiro atoms. The van der Waals surface area contributed by atoms with E-state index in [1.165, 1.54) is 11.8 Å². The summed E-state index contributed by atoms with van der Waals surface area (Å²) in [6, 6.07) is 14.1. The molecule has 0 saturated carbocycles. The number of nitrogens with zero attached hydrogens (tertiary/aromatic N) is 1. The third-order valence-corrected chi connectivity index (χ3v) is 5.60. The molecule has 1 saturated heterocycles. The molecule has 1 aromatic carbocycles. The summed E-state index contributed by atoms with van der Waals surface area (Å²) in [5.41, 5.74) is 1.12. The standard InChI is InChI=1S/C17H17NO2S2/c1-12(19)22-14-10-16(20)18(11-14)17(15-8-5-9-21-15)13-6-3-2-4-7-13/h2-9,14,17H,10-11H2,1H3. The Morgan fingerprint density at radius 2 is 2.05 bits per heavy atom. The van der Waals surface area contributed by atoms with Gasteiger partial charge >= 0.3 is 0 Å². The smallest absolute Gasteiger partial charge is 0.224 e. The Morgan fingerprint density at radius 1 is 1.27 bits per heavy atom. The molecule has 1 aliphatic heterocycles. The highest BCUT2D eigenvalue weighted by Gasteiger charge is 2.37. The molecule has 3 nitrogen and oxygen atoms in total. The molecule has 5 heteroatoms. The summed E-state index contributed by atoms with van der Waals surface area (Å²) in [7, 11) is 0. The van der Waals surface area contributed by atoms with Gasteiger partial charge in [0.1, 0.15) is 0 Å². The number of amides is 1. The zero-order valence-electron chi connectivity index (χ0n) is 12.3. The van der Waals surface area contributed by atoms with Gasteiger partial charge in [0.25, 0.3) is 0 Å². The van der Waals surface area contributed by atoms with E-state index < -0.39 is 0 Å². The van der Waals surface area contributed by atoms with Crippen molar-refractivity contribution < 1.29 is 9.59 Å². The van der Waals surface area contributed by atoms with Crippen LogP contribution in [0.4, 0.5) is 0 Å². The average molecular weight is 331 g/mol. The minimum atomic E-state index is -0.0498. The first-order chi connectivity index (χ1) is 10.6. The zero-order valence-corrected chi connectivity index (χ0v) is 13.9. The lowest BCUT2D eigenvalue weighted by Gasteiger charge is -2.28. The van der Waals surface area contributed by atoms with Crippen LogP contribution in [0.3, 0.4) is 0 Å². The van der Waals surface area contributed by atoms with Gasteiger partial charge < -0.3 is 4.90 Å². The van der Waals surface area contributed by atoms with Crippen molar-refractivity contribution in [2.24, 2.45) is 0 Å². The Hall–Kier alpha value is -1.59. The van der Waals surface area contributed by atoms with Crippen molar-refractivity contribution in [1.82, 2.24) is 4.90 Å². The number of benzene rings is 1. The molecule has 2 atom stereocenters. The maximum Gasteiger partial charge on any atom is 0.224 e. The highest BCUT2D eigenvalue weighted by molar-refractivity contribution is 8.14. The SMILES string of the molecule is CC(=O)SC1CC(=O)N(C(c2ccccc2)c2cccs2)C1. The van der Waals surface area contributed by atoms with Gasteiger partial charge in [-0.25, -0.2) is 0 Å². The van der Waals surface area contributed by atoms with Gasteiger partial charge in [0.2, 0.25) is 5.91 Å². The quantitative estimate of drug-likeness (QED) is 0.857.